The van der Waals surface area contributed by atoms with Crippen molar-refractivity contribution in [2.24, 2.45) is 0 Å². The number of hydrogen-bond acceptors (Lipinski definition) is 3. The Morgan fingerprint density at radius 3 is 2.88 bits per heavy atom. The van der Waals surface area contributed by atoms with E-state index < -0.39 is 0 Å². The standard InChI is InChI=1S/C19H19FN2O2/c1-11-16(5-6-17(21-11)12-2-3-12)19(23)22-15-9-13-8-14(20)4-7-18(13)24-10-15/h4-8,12,15H,2-3,9-10H2,1H3,(H,22,23)/t15-/m1/s1. The molecule has 1 aliphatic heterocycles. The summed E-state index contributed by atoms with van der Waals surface area (Å²) in [7, 11) is 0. The molecule has 2 heterocycles. The number of hydrogen-bond donors (Lipinski definition) is 1. The summed E-state index contributed by atoms with van der Waals surface area (Å²) in [5.41, 5.74) is 3.20. The molecule has 1 aromatic carbocycles. The molecule has 1 fully saturated rings. The first-order chi connectivity index (χ1) is 11.6. The molecular formula is C19H19FN2O2. The average Bonchev–Trinajstić information content (AvgIpc) is 3.39. The Labute approximate surface area is 140 Å². The lowest BCUT2D eigenvalue weighted by Gasteiger charge is -2.26. The van der Waals surface area contributed by atoms with E-state index in [0.29, 0.717) is 30.3 Å². The molecule has 0 radical (unpaired) electrons. The fraction of sp³-hybridized carbons (Fsp3) is 0.368. The second-order valence-electron chi connectivity index (χ2n) is 6.58. The Kier molecular flexibility index (Phi) is 3.71. The van der Waals surface area contributed by atoms with Crippen molar-refractivity contribution in [1.29, 1.82) is 0 Å². The Bertz CT molecular complexity index is 802. The number of ether oxygens (including phenoxy) is 1. The van der Waals surface area contributed by atoms with Crippen LogP contribution in [0.4, 0.5) is 4.39 Å². The highest BCUT2D eigenvalue weighted by Gasteiger charge is 2.27. The number of amides is 1. The van der Waals surface area contributed by atoms with Crippen molar-refractivity contribution in [2.45, 2.75) is 38.1 Å². The predicted octanol–water partition coefficient (Wildman–Crippen LogP) is 3.14. The molecule has 0 spiro atoms. The van der Waals surface area contributed by atoms with Gasteiger partial charge in [0.25, 0.3) is 5.91 Å². The van der Waals surface area contributed by atoms with E-state index in [9.17, 15) is 9.18 Å². The number of benzene rings is 1. The van der Waals surface area contributed by atoms with E-state index in [4.69, 9.17) is 4.74 Å². The van der Waals surface area contributed by atoms with Crippen molar-refractivity contribution < 1.29 is 13.9 Å². The van der Waals surface area contributed by atoms with E-state index in [0.717, 1.165) is 17.0 Å². The van der Waals surface area contributed by atoms with Crippen LogP contribution in [0.3, 0.4) is 0 Å². The van der Waals surface area contributed by atoms with Crippen LogP contribution in [-0.2, 0) is 6.42 Å². The summed E-state index contributed by atoms with van der Waals surface area (Å²) in [6.07, 6.45) is 2.94. The molecule has 0 saturated heterocycles. The summed E-state index contributed by atoms with van der Waals surface area (Å²) in [5.74, 6) is 0.809. The maximum absolute atomic E-state index is 13.4. The average molecular weight is 326 g/mol. The zero-order chi connectivity index (χ0) is 16.7. The van der Waals surface area contributed by atoms with Crippen LogP contribution < -0.4 is 10.1 Å². The molecule has 1 amide bonds. The topological polar surface area (TPSA) is 51.2 Å². The number of nitrogens with one attached hydrogen (secondary N) is 1. The van der Waals surface area contributed by atoms with Gasteiger partial charge in [0.05, 0.1) is 17.3 Å². The second kappa shape index (κ2) is 5.89. The molecule has 4 rings (SSSR count). The largest absolute Gasteiger partial charge is 0.491 e. The Hall–Kier alpha value is -2.43. The highest BCUT2D eigenvalue weighted by molar-refractivity contribution is 5.95. The molecule has 2 aromatic rings. The molecule has 0 bridgehead atoms. The van der Waals surface area contributed by atoms with E-state index >= 15 is 0 Å². The van der Waals surface area contributed by atoms with Gasteiger partial charge in [-0.15, -0.1) is 0 Å². The molecule has 4 nitrogen and oxygen atoms in total. The third-order valence-electron chi connectivity index (χ3n) is 4.61. The number of nitrogens with zero attached hydrogens (tertiary/aromatic N) is 1. The number of carbonyl (C=O) groups is 1. The first-order valence-corrected chi connectivity index (χ1v) is 8.30. The minimum absolute atomic E-state index is 0.157. The van der Waals surface area contributed by atoms with Gasteiger partial charge in [-0.25, -0.2) is 4.39 Å². The summed E-state index contributed by atoms with van der Waals surface area (Å²) in [6, 6.07) is 8.10. The molecule has 1 aromatic heterocycles. The molecular weight excluding hydrogens is 307 g/mol. The summed E-state index contributed by atoms with van der Waals surface area (Å²) in [4.78, 5) is 17.1. The fourth-order valence-electron chi connectivity index (χ4n) is 3.15. The number of aryl methyl sites for hydroxylation is 1. The van der Waals surface area contributed by atoms with E-state index in [-0.39, 0.29) is 17.8 Å². The van der Waals surface area contributed by atoms with Gasteiger partial charge in [-0.1, -0.05) is 0 Å². The van der Waals surface area contributed by atoms with Crippen LogP contribution in [0.1, 0.15) is 46.1 Å². The lowest BCUT2D eigenvalue weighted by atomic mass is 10.0. The zero-order valence-electron chi connectivity index (χ0n) is 13.5. The van der Waals surface area contributed by atoms with Gasteiger partial charge in [-0.05, 0) is 62.1 Å². The molecule has 5 heteroatoms. The third kappa shape index (κ3) is 2.98. The third-order valence-corrected chi connectivity index (χ3v) is 4.61. The first kappa shape index (κ1) is 15.1. The fourth-order valence-corrected chi connectivity index (χ4v) is 3.15. The normalized spacial score (nSPS) is 19.3. The summed E-state index contributed by atoms with van der Waals surface area (Å²) < 4.78 is 19.0. The number of pyridine rings is 1. The van der Waals surface area contributed by atoms with Gasteiger partial charge in [0.2, 0.25) is 0 Å². The van der Waals surface area contributed by atoms with Crippen LogP contribution in [0, 0.1) is 12.7 Å². The van der Waals surface area contributed by atoms with E-state index in [1.165, 1.54) is 25.0 Å². The van der Waals surface area contributed by atoms with Crippen molar-refractivity contribution in [3.8, 4) is 5.75 Å². The number of halogens is 1. The van der Waals surface area contributed by atoms with Gasteiger partial charge in [-0.3, -0.25) is 9.78 Å². The Morgan fingerprint density at radius 2 is 2.12 bits per heavy atom. The SMILES string of the molecule is Cc1nc(C2CC2)ccc1C(=O)N[C@H]1COc2ccc(F)cc2C1. The highest BCUT2D eigenvalue weighted by atomic mass is 19.1. The quantitative estimate of drug-likeness (QED) is 0.943. The monoisotopic (exact) mass is 326 g/mol. The summed E-state index contributed by atoms with van der Waals surface area (Å²) in [5, 5.41) is 2.97. The van der Waals surface area contributed by atoms with Crippen molar-refractivity contribution in [3.63, 3.8) is 0 Å². The van der Waals surface area contributed by atoms with Gasteiger partial charge < -0.3 is 10.1 Å². The zero-order valence-corrected chi connectivity index (χ0v) is 13.5. The summed E-state index contributed by atoms with van der Waals surface area (Å²) in [6.45, 7) is 2.25. The van der Waals surface area contributed by atoms with Gasteiger partial charge >= 0.3 is 0 Å². The minimum atomic E-state index is -0.292. The Morgan fingerprint density at radius 1 is 1.29 bits per heavy atom. The predicted molar refractivity (Wildman–Crippen MR) is 87.8 cm³/mol. The lowest BCUT2D eigenvalue weighted by molar-refractivity contribution is 0.0914. The van der Waals surface area contributed by atoms with Gasteiger partial charge in [0, 0.05) is 11.6 Å². The van der Waals surface area contributed by atoms with Crippen molar-refractivity contribution >= 4 is 5.91 Å². The number of carbonyl (C=O) groups excluding carboxylic acids is 1. The maximum atomic E-state index is 13.4. The van der Waals surface area contributed by atoms with Crippen LogP contribution in [0.5, 0.6) is 5.75 Å². The van der Waals surface area contributed by atoms with Crippen molar-refractivity contribution in [1.82, 2.24) is 10.3 Å². The van der Waals surface area contributed by atoms with Crippen LogP contribution >= 0.6 is 0 Å². The second-order valence-corrected chi connectivity index (χ2v) is 6.58. The van der Waals surface area contributed by atoms with Crippen LogP contribution in [0.25, 0.3) is 0 Å². The maximum Gasteiger partial charge on any atom is 0.253 e. The summed E-state index contributed by atoms with van der Waals surface area (Å²) >= 11 is 0. The number of rotatable bonds is 3. The van der Waals surface area contributed by atoms with Gasteiger partial charge in [0.1, 0.15) is 18.2 Å². The molecule has 1 aliphatic carbocycles. The van der Waals surface area contributed by atoms with Gasteiger partial charge in [-0.2, -0.15) is 0 Å². The number of aromatic nitrogens is 1. The Balaban J connectivity index is 1.46. The van der Waals surface area contributed by atoms with Crippen LogP contribution in [-0.4, -0.2) is 23.5 Å². The lowest BCUT2D eigenvalue weighted by Crippen LogP contribution is -2.43. The number of fused-ring (bicyclic) bond motifs is 1. The molecule has 0 unspecified atom stereocenters. The molecule has 24 heavy (non-hydrogen) atoms. The van der Waals surface area contributed by atoms with Crippen molar-refractivity contribution in [3.05, 3.63) is 58.7 Å². The molecule has 2 aliphatic rings. The van der Waals surface area contributed by atoms with Gasteiger partial charge in [0.15, 0.2) is 0 Å². The molecule has 124 valence electrons. The highest BCUT2D eigenvalue weighted by Crippen LogP contribution is 2.39. The molecule has 1 atom stereocenters. The molecule has 1 saturated carbocycles. The van der Waals surface area contributed by atoms with E-state index in [2.05, 4.69) is 10.3 Å². The van der Waals surface area contributed by atoms with Crippen LogP contribution in [0.2, 0.25) is 0 Å². The molecule has 1 N–H and O–H groups in total. The van der Waals surface area contributed by atoms with E-state index in [1.807, 2.05) is 19.1 Å². The minimum Gasteiger partial charge on any atom is -0.491 e. The van der Waals surface area contributed by atoms with Crippen LogP contribution in [0.15, 0.2) is 30.3 Å². The first-order valence-electron chi connectivity index (χ1n) is 8.30. The van der Waals surface area contributed by atoms with Crippen molar-refractivity contribution in [2.75, 3.05) is 6.61 Å². The van der Waals surface area contributed by atoms with E-state index in [1.54, 1.807) is 6.07 Å². The smallest absolute Gasteiger partial charge is 0.253 e.